The first-order chi connectivity index (χ1) is 10.6. The van der Waals surface area contributed by atoms with Crippen LogP contribution in [-0.2, 0) is 4.79 Å². The van der Waals surface area contributed by atoms with Gasteiger partial charge >= 0.3 is 0 Å². The molecule has 1 unspecified atom stereocenters. The monoisotopic (exact) mass is 340 g/mol. The summed E-state index contributed by atoms with van der Waals surface area (Å²) in [6.07, 6.45) is 3.48. The van der Waals surface area contributed by atoms with E-state index in [4.69, 9.17) is 11.6 Å². The number of nitrogens with zero attached hydrogens (tertiary/aromatic N) is 1. The lowest BCUT2D eigenvalue weighted by Crippen LogP contribution is -2.42. The number of rotatable bonds is 6. The van der Waals surface area contributed by atoms with E-state index in [2.05, 4.69) is 5.32 Å². The smallest absolute Gasteiger partial charge is 0.235 e. The molecule has 1 aromatic carbocycles. The highest BCUT2D eigenvalue weighted by molar-refractivity contribution is 8.00. The van der Waals surface area contributed by atoms with Crippen molar-refractivity contribution in [3.8, 4) is 0 Å². The molecule has 1 heterocycles. The van der Waals surface area contributed by atoms with Crippen LogP contribution in [0.2, 0.25) is 5.02 Å². The summed E-state index contributed by atoms with van der Waals surface area (Å²) in [5.74, 6) is 1.02. The minimum absolute atomic E-state index is 0.0463. The highest BCUT2D eigenvalue weighted by Gasteiger charge is 2.26. The molecule has 1 aromatic rings. The van der Waals surface area contributed by atoms with Gasteiger partial charge in [-0.25, -0.2) is 0 Å². The normalized spacial score (nSPS) is 17.5. The Bertz CT molecular complexity index is 472. The van der Waals surface area contributed by atoms with Gasteiger partial charge in [0.05, 0.1) is 5.25 Å². The number of benzene rings is 1. The van der Waals surface area contributed by atoms with Crippen LogP contribution in [0.1, 0.15) is 26.2 Å². The highest BCUT2D eigenvalue weighted by Crippen LogP contribution is 2.27. The lowest BCUT2D eigenvalue weighted by molar-refractivity contribution is -0.131. The Hall–Kier alpha value is -0.710. The number of likely N-dealkylation sites (tertiary alicyclic amines) is 1. The third-order valence-electron chi connectivity index (χ3n) is 4.20. The molecule has 0 bridgehead atoms. The fraction of sp³-hybridized carbons (Fsp3) is 0.588. The molecule has 1 aliphatic heterocycles. The molecule has 1 N–H and O–H groups in total. The molecule has 1 saturated heterocycles. The zero-order valence-electron chi connectivity index (χ0n) is 13.3. The molecule has 3 nitrogen and oxygen atoms in total. The first kappa shape index (κ1) is 17.6. The Labute approximate surface area is 142 Å². The van der Waals surface area contributed by atoms with Gasteiger partial charge in [-0.2, -0.15) is 0 Å². The van der Waals surface area contributed by atoms with E-state index in [0.717, 1.165) is 48.3 Å². The number of amides is 1. The van der Waals surface area contributed by atoms with E-state index in [0.29, 0.717) is 0 Å². The Kier molecular flexibility index (Phi) is 7.06. The molecule has 0 radical (unpaired) electrons. The zero-order chi connectivity index (χ0) is 15.9. The van der Waals surface area contributed by atoms with Crippen molar-refractivity contribution in [2.24, 2.45) is 5.92 Å². The molecule has 0 aliphatic carbocycles. The van der Waals surface area contributed by atoms with Crippen molar-refractivity contribution >= 4 is 29.3 Å². The molecule has 1 aliphatic rings. The van der Waals surface area contributed by atoms with E-state index in [1.807, 2.05) is 43.1 Å². The average Bonchev–Trinajstić information content (AvgIpc) is 2.55. The van der Waals surface area contributed by atoms with Gasteiger partial charge in [0.2, 0.25) is 5.91 Å². The molecule has 22 heavy (non-hydrogen) atoms. The highest BCUT2D eigenvalue weighted by atomic mass is 35.5. The molecule has 5 heteroatoms. The van der Waals surface area contributed by atoms with Crippen molar-refractivity contribution in [1.82, 2.24) is 10.2 Å². The van der Waals surface area contributed by atoms with Crippen LogP contribution in [0.5, 0.6) is 0 Å². The van der Waals surface area contributed by atoms with Crippen LogP contribution in [0.3, 0.4) is 0 Å². The van der Waals surface area contributed by atoms with Crippen LogP contribution in [-0.4, -0.2) is 42.7 Å². The number of carbonyl (C=O) groups is 1. The third-order valence-corrected chi connectivity index (χ3v) is 5.55. The second kappa shape index (κ2) is 8.80. The Morgan fingerprint density at radius 2 is 2.00 bits per heavy atom. The van der Waals surface area contributed by atoms with Crippen molar-refractivity contribution in [1.29, 1.82) is 0 Å². The van der Waals surface area contributed by atoms with Gasteiger partial charge in [-0.3, -0.25) is 4.79 Å². The summed E-state index contributed by atoms with van der Waals surface area (Å²) in [6.45, 7) is 4.87. The maximum Gasteiger partial charge on any atom is 0.235 e. The van der Waals surface area contributed by atoms with Gasteiger partial charge in [0.15, 0.2) is 0 Å². The van der Waals surface area contributed by atoms with Gasteiger partial charge < -0.3 is 10.2 Å². The maximum atomic E-state index is 12.6. The molecule has 1 amide bonds. The molecular weight excluding hydrogens is 316 g/mol. The number of nitrogens with one attached hydrogen (secondary N) is 1. The number of hydrogen-bond donors (Lipinski definition) is 1. The van der Waals surface area contributed by atoms with E-state index in [1.165, 1.54) is 6.42 Å². The SMILES string of the molecule is CNCCC1CCN(C(=O)C(C)Sc2ccc(Cl)cc2)CC1. The van der Waals surface area contributed by atoms with Crippen LogP contribution >= 0.6 is 23.4 Å². The molecule has 1 atom stereocenters. The summed E-state index contributed by atoms with van der Waals surface area (Å²) in [5.41, 5.74) is 0. The van der Waals surface area contributed by atoms with Crippen LogP contribution in [0, 0.1) is 5.92 Å². The molecule has 0 spiro atoms. The molecule has 2 rings (SSSR count). The van der Waals surface area contributed by atoms with Crippen LogP contribution in [0.25, 0.3) is 0 Å². The van der Waals surface area contributed by atoms with Crippen molar-refractivity contribution in [3.05, 3.63) is 29.3 Å². The van der Waals surface area contributed by atoms with Gasteiger partial charge in [-0.15, -0.1) is 11.8 Å². The minimum Gasteiger partial charge on any atom is -0.342 e. The van der Waals surface area contributed by atoms with E-state index in [9.17, 15) is 4.79 Å². The minimum atomic E-state index is -0.0463. The van der Waals surface area contributed by atoms with E-state index in [-0.39, 0.29) is 11.2 Å². The van der Waals surface area contributed by atoms with Crippen molar-refractivity contribution in [2.45, 2.75) is 36.3 Å². The molecule has 122 valence electrons. The standard InChI is InChI=1S/C17H25ClN2OS/c1-13(22-16-5-3-15(18)4-6-16)17(21)20-11-8-14(9-12-20)7-10-19-2/h3-6,13-14,19H,7-12H2,1-2H3. The summed E-state index contributed by atoms with van der Waals surface area (Å²) in [4.78, 5) is 15.7. The summed E-state index contributed by atoms with van der Waals surface area (Å²) in [6, 6.07) is 7.68. The van der Waals surface area contributed by atoms with E-state index < -0.39 is 0 Å². The molecular formula is C17H25ClN2OS. The molecule has 1 fully saturated rings. The lowest BCUT2D eigenvalue weighted by atomic mass is 9.93. The number of halogens is 1. The number of piperidine rings is 1. The van der Waals surface area contributed by atoms with Gasteiger partial charge in [0.25, 0.3) is 0 Å². The number of thioether (sulfide) groups is 1. The topological polar surface area (TPSA) is 32.3 Å². The van der Waals surface area contributed by atoms with Crippen LogP contribution in [0.4, 0.5) is 0 Å². The van der Waals surface area contributed by atoms with Crippen molar-refractivity contribution < 1.29 is 4.79 Å². The van der Waals surface area contributed by atoms with Gasteiger partial charge in [-0.05, 0) is 70.0 Å². The number of carbonyl (C=O) groups excluding carboxylic acids is 1. The Morgan fingerprint density at radius 3 is 2.59 bits per heavy atom. The second-order valence-electron chi connectivity index (χ2n) is 5.87. The first-order valence-electron chi connectivity index (χ1n) is 7.95. The Morgan fingerprint density at radius 1 is 1.36 bits per heavy atom. The fourth-order valence-electron chi connectivity index (χ4n) is 2.82. The Balaban J connectivity index is 1.80. The average molecular weight is 341 g/mol. The van der Waals surface area contributed by atoms with E-state index in [1.54, 1.807) is 11.8 Å². The molecule has 0 aromatic heterocycles. The molecule has 0 saturated carbocycles. The number of hydrogen-bond acceptors (Lipinski definition) is 3. The maximum absolute atomic E-state index is 12.6. The summed E-state index contributed by atoms with van der Waals surface area (Å²) in [5, 5.41) is 3.89. The third kappa shape index (κ3) is 5.18. The van der Waals surface area contributed by atoms with Gasteiger partial charge in [-0.1, -0.05) is 11.6 Å². The van der Waals surface area contributed by atoms with Gasteiger partial charge in [0, 0.05) is 23.0 Å². The lowest BCUT2D eigenvalue weighted by Gasteiger charge is -2.33. The predicted octanol–water partition coefficient (Wildman–Crippen LogP) is 3.67. The second-order valence-corrected chi connectivity index (χ2v) is 7.73. The summed E-state index contributed by atoms with van der Waals surface area (Å²) < 4.78 is 0. The summed E-state index contributed by atoms with van der Waals surface area (Å²) >= 11 is 7.50. The first-order valence-corrected chi connectivity index (χ1v) is 9.21. The quantitative estimate of drug-likeness (QED) is 0.802. The van der Waals surface area contributed by atoms with Crippen molar-refractivity contribution in [3.63, 3.8) is 0 Å². The van der Waals surface area contributed by atoms with E-state index >= 15 is 0 Å². The van der Waals surface area contributed by atoms with Gasteiger partial charge in [0.1, 0.15) is 0 Å². The van der Waals surface area contributed by atoms with Crippen LogP contribution < -0.4 is 5.32 Å². The van der Waals surface area contributed by atoms with Crippen molar-refractivity contribution in [2.75, 3.05) is 26.7 Å². The zero-order valence-corrected chi connectivity index (χ0v) is 14.9. The predicted molar refractivity (Wildman–Crippen MR) is 94.6 cm³/mol. The fourth-order valence-corrected chi connectivity index (χ4v) is 3.89. The van der Waals surface area contributed by atoms with Crippen LogP contribution in [0.15, 0.2) is 29.2 Å². The summed E-state index contributed by atoms with van der Waals surface area (Å²) in [7, 11) is 1.99. The largest absolute Gasteiger partial charge is 0.342 e.